The average Bonchev–Trinajstić information content (AvgIpc) is 2.76. The van der Waals surface area contributed by atoms with E-state index in [0.29, 0.717) is 18.2 Å². The number of aliphatic carboxylic acids is 1. The van der Waals surface area contributed by atoms with E-state index in [-0.39, 0.29) is 18.5 Å². The van der Waals surface area contributed by atoms with Gasteiger partial charge in [0.1, 0.15) is 12.4 Å². The first-order valence-electron chi connectivity index (χ1n) is 10.1. The maximum atomic E-state index is 13.2. The number of carbonyl (C=O) groups is 2. The summed E-state index contributed by atoms with van der Waals surface area (Å²) in [4.78, 5) is 23.9. The van der Waals surface area contributed by atoms with Crippen molar-refractivity contribution in [1.29, 1.82) is 0 Å². The highest BCUT2D eigenvalue weighted by molar-refractivity contribution is 5.99. The van der Waals surface area contributed by atoms with Crippen molar-refractivity contribution in [3.63, 3.8) is 0 Å². The Labute approximate surface area is 176 Å². The molecule has 1 saturated carbocycles. The number of hydrogen-bond acceptors (Lipinski definition) is 3. The molecular weight excluding hydrogens is 387 g/mol. The fourth-order valence-corrected chi connectivity index (χ4v) is 3.38. The van der Waals surface area contributed by atoms with Crippen LogP contribution >= 0.6 is 0 Å². The smallest absolute Gasteiger partial charge is 0.329 e. The third-order valence-corrected chi connectivity index (χ3v) is 4.84. The van der Waals surface area contributed by atoms with E-state index in [4.69, 9.17) is 5.11 Å². The summed E-state index contributed by atoms with van der Waals surface area (Å²) < 4.78 is 17.4. The van der Waals surface area contributed by atoms with Crippen LogP contribution in [0.3, 0.4) is 0 Å². The number of carboxylic acids is 1. The molecular formula is C23H29FN2O4. The van der Waals surface area contributed by atoms with Gasteiger partial charge in [-0.1, -0.05) is 37.5 Å². The molecule has 162 valence electrons. The lowest BCUT2D eigenvalue weighted by molar-refractivity contribution is -0.141. The molecule has 0 spiro atoms. The van der Waals surface area contributed by atoms with Crippen molar-refractivity contribution >= 4 is 23.4 Å². The van der Waals surface area contributed by atoms with Gasteiger partial charge in [-0.05, 0) is 55.2 Å². The molecule has 2 aromatic rings. The molecule has 0 aliphatic heterocycles. The number of halogens is 1. The van der Waals surface area contributed by atoms with Gasteiger partial charge in [0.15, 0.2) is 0 Å². The van der Waals surface area contributed by atoms with Crippen LogP contribution in [-0.4, -0.2) is 37.4 Å². The number of amides is 2. The second-order valence-corrected chi connectivity index (χ2v) is 7.16. The molecule has 2 amide bonds. The van der Waals surface area contributed by atoms with Crippen molar-refractivity contribution < 1.29 is 23.8 Å². The number of carboxylic acid groups (broad SMARTS) is 1. The van der Waals surface area contributed by atoms with E-state index in [2.05, 4.69) is 10.1 Å². The Morgan fingerprint density at radius 3 is 2.17 bits per heavy atom. The van der Waals surface area contributed by atoms with Crippen LogP contribution < -0.4 is 10.2 Å². The molecule has 1 aliphatic rings. The number of carbonyl (C=O) groups excluding carboxylic acids is 1. The summed E-state index contributed by atoms with van der Waals surface area (Å²) in [5, 5.41) is 10.8. The van der Waals surface area contributed by atoms with Gasteiger partial charge in [0.05, 0.1) is 11.4 Å². The molecule has 0 unspecified atom stereocenters. The number of nitrogens with zero attached hydrogens (tertiary/aromatic N) is 1. The topological polar surface area (TPSA) is 78.9 Å². The molecule has 0 aromatic heterocycles. The third kappa shape index (κ3) is 7.83. The van der Waals surface area contributed by atoms with Crippen LogP contribution in [0.25, 0.3) is 0 Å². The van der Waals surface area contributed by atoms with Gasteiger partial charge in [0, 0.05) is 13.7 Å². The van der Waals surface area contributed by atoms with E-state index in [9.17, 15) is 14.0 Å². The Hall–Kier alpha value is -2.93. The first-order valence-corrected chi connectivity index (χ1v) is 10.1. The summed E-state index contributed by atoms with van der Waals surface area (Å²) >= 11 is 0. The molecule has 30 heavy (non-hydrogen) atoms. The summed E-state index contributed by atoms with van der Waals surface area (Å²) in [7, 11) is 1.34. The maximum Gasteiger partial charge on any atom is 0.329 e. The maximum absolute atomic E-state index is 13.2. The minimum absolute atomic E-state index is 0.168. The van der Waals surface area contributed by atoms with Gasteiger partial charge in [-0.2, -0.15) is 0 Å². The Kier molecular flexibility index (Phi) is 9.80. The van der Waals surface area contributed by atoms with Crippen molar-refractivity contribution in [3.8, 4) is 0 Å². The van der Waals surface area contributed by atoms with E-state index < -0.39 is 5.97 Å². The van der Waals surface area contributed by atoms with Crippen LogP contribution in [0.5, 0.6) is 0 Å². The normalized spacial score (nSPS) is 13.7. The van der Waals surface area contributed by atoms with Crippen molar-refractivity contribution in [3.05, 3.63) is 60.4 Å². The number of ether oxygens (including phenoxy) is 1. The molecule has 1 aliphatic carbocycles. The number of benzene rings is 2. The van der Waals surface area contributed by atoms with Gasteiger partial charge in [0.25, 0.3) is 0 Å². The number of urea groups is 1. The van der Waals surface area contributed by atoms with E-state index in [1.165, 1.54) is 51.3 Å². The molecule has 0 radical (unpaired) electrons. The molecule has 0 bridgehead atoms. The molecule has 1 fully saturated rings. The fraction of sp³-hybridized carbons (Fsp3) is 0.391. The summed E-state index contributed by atoms with van der Waals surface area (Å²) in [6.07, 6.45) is 6.17. The Morgan fingerprint density at radius 1 is 1.03 bits per heavy atom. The molecule has 2 aromatic carbocycles. The zero-order chi connectivity index (χ0) is 21.8. The summed E-state index contributed by atoms with van der Waals surface area (Å²) in [6, 6.07) is 15.3. The number of methoxy groups -OCH3 is 1. The van der Waals surface area contributed by atoms with Crippen LogP contribution in [0.2, 0.25) is 0 Å². The van der Waals surface area contributed by atoms with Gasteiger partial charge in [-0.25, -0.2) is 14.0 Å². The second kappa shape index (κ2) is 12.6. The number of nitrogens with one attached hydrogen (secondary N) is 1. The Morgan fingerprint density at radius 2 is 1.63 bits per heavy atom. The van der Waals surface area contributed by atoms with Gasteiger partial charge in [-0.15, -0.1) is 0 Å². The van der Waals surface area contributed by atoms with Crippen LogP contribution in [0.15, 0.2) is 54.6 Å². The predicted molar refractivity (Wildman–Crippen MR) is 114 cm³/mol. The molecule has 0 atom stereocenters. The first-order chi connectivity index (χ1) is 14.5. The first kappa shape index (κ1) is 23.3. The number of rotatable bonds is 6. The van der Waals surface area contributed by atoms with Crippen LogP contribution in [0, 0.1) is 11.7 Å². The summed E-state index contributed by atoms with van der Waals surface area (Å²) in [6.45, 7) is 0.489. The van der Waals surface area contributed by atoms with Crippen molar-refractivity contribution in [2.45, 2.75) is 32.1 Å². The highest BCUT2D eigenvalue weighted by atomic mass is 19.1. The number of para-hydroxylation sites is 1. The van der Waals surface area contributed by atoms with Crippen molar-refractivity contribution in [2.75, 3.05) is 25.2 Å². The van der Waals surface area contributed by atoms with E-state index in [1.54, 1.807) is 17.0 Å². The predicted octanol–water partition coefficient (Wildman–Crippen LogP) is 4.97. The van der Waals surface area contributed by atoms with Gasteiger partial charge < -0.3 is 15.2 Å². The average molecular weight is 416 g/mol. The standard InChI is InChI=1S/C20H23FN2O.C3H6O3/c21-17-11-13-19(14-12-17)23(18-9-5-2-6-10-18)20(24)22-15-16-7-3-1-4-8-16;1-6-2-3(4)5/h2,5-6,9-14,16H,1,3-4,7-8,15H2,(H,22,24);2H2,1H3,(H,4,5). The highest BCUT2D eigenvalue weighted by Crippen LogP contribution is 2.26. The lowest BCUT2D eigenvalue weighted by Gasteiger charge is -2.26. The van der Waals surface area contributed by atoms with Gasteiger partial charge in [-0.3, -0.25) is 4.90 Å². The zero-order valence-corrected chi connectivity index (χ0v) is 17.2. The number of anilines is 2. The third-order valence-electron chi connectivity index (χ3n) is 4.84. The highest BCUT2D eigenvalue weighted by Gasteiger charge is 2.20. The van der Waals surface area contributed by atoms with Gasteiger partial charge in [0.2, 0.25) is 0 Å². The molecule has 0 heterocycles. The molecule has 3 rings (SSSR count). The van der Waals surface area contributed by atoms with E-state index in [0.717, 1.165) is 5.69 Å². The molecule has 0 saturated heterocycles. The van der Waals surface area contributed by atoms with Crippen LogP contribution in [-0.2, 0) is 9.53 Å². The van der Waals surface area contributed by atoms with Crippen molar-refractivity contribution in [2.24, 2.45) is 5.92 Å². The number of hydrogen-bond donors (Lipinski definition) is 2. The van der Waals surface area contributed by atoms with Crippen LogP contribution in [0.1, 0.15) is 32.1 Å². The monoisotopic (exact) mass is 416 g/mol. The Bertz CT molecular complexity index is 778. The lowest BCUT2D eigenvalue weighted by Crippen LogP contribution is -2.39. The summed E-state index contributed by atoms with van der Waals surface area (Å²) in [5.41, 5.74) is 1.42. The van der Waals surface area contributed by atoms with Gasteiger partial charge >= 0.3 is 12.0 Å². The second-order valence-electron chi connectivity index (χ2n) is 7.16. The molecule has 6 nitrogen and oxygen atoms in total. The van der Waals surface area contributed by atoms with Crippen molar-refractivity contribution in [1.82, 2.24) is 5.32 Å². The quantitative estimate of drug-likeness (QED) is 0.697. The minimum atomic E-state index is -0.933. The van der Waals surface area contributed by atoms with E-state index in [1.807, 2.05) is 30.3 Å². The minimum Gasteiger partial charge on any atom is -0.480 e. The summed E-state index contributed by atoms with van der Waals surface area (Å²) in [5.74, 6) is -0.680. The largest absolute Gasteiger partial charge is 0.480 e. The van der Waals surface area contributed by atoms with Crippen LogP contribution in [0.4, 0.5) is 20.6 Å². The SMILES string of the molecule is COCC(=O)O.O=C(NCC1CCCCC1)N(c1ccccc1)c1ccc(F)cc1. The molecule has 7 heteroatoms. The fourth-order valence-electron chi connectivity index (χ4n) is 3.38. The van der Waals surface area contributed by atoms with E-state index >= 15 is 0 Å². The zero-order valence-electron chi connectivity index (χ0n) is 17.2. The lowest BCUT2D eigenvalue weighted by atomic mass is 9.89. The Balaban J connectivity index is 0.000000469. The molecule has 2 N–H and O–H groups in total.